The SMILES string of the molecule is O=C(OCC#CCSc1nnnn1-c1ccc(Cl)cc1)c1cc2ccccc2oc1=O. The van der Waals surface area contributed by atoms with Crippen LogP contribution in [0.3, 0.4) is 0 Å². The summed E-state index contributed by atoms with van der Waals surface area (Å²) >= 11 is 7.22. The quantitative estimate of drug-likeness (QED) is 0.197. The minimum absolute atomic E-state index is 0.159. The normalized spacial score (nSPS) is 10.5. The van der Waals surface area contributed by atoms with Gasteiger partial charge in [0.2, 0.25) is 5.16 Å². The summed E-state index contributed by atoms with van der Waals surface area (Å²) in [7, 11) is 0. The number of esters is 1. The van der Waals surface area contributed by atoms with Crippen LogP contribution in [0.4, 0.5) is 0 Å². The number of para-hydroxylation sites is 1. The average Bonchev–Trinajstić information content (AvgIpc) is 3.24. The summed E-state index contributed by atoms with van der Waals surface area (Å²) in [5, 5.41) is 13.4. The Morgan fingerprint density at radius 2 is 1.97 bits per heavy atom. The van der Waals surface area contributed by atoms with Crippen LogP contribution >= 0.6 is 23.4 Å². The number of hydrogen-bond donors (Lipinski definition) is 0. The van der Waals surface area contributed by atoms with Gasteiger partial charge in [-0.05, 0) is 46.8 Å². The lowest BCUT2D eigenvalue weighted by molar-refractivity contribution is 0.0552. The molecule has 0 amide bonds. The van der Waals surface area contributed by atoms with Crippen LogP contribution in [-0.4, -0.2) is 38.5 Å². The number of ether oxygens (including phenoxy) is 1. The summed E-state index contributed by atoms with van der Waals surface area (Å²) < 4.78 is 11.8. The highest BCUT2D eigenvalue weighted by molar-refractivity contribution is 7.99. The van der Waals surface area contributed by atoms with Gasteiger partial charge in [-0.1, -0.05) is 53.4 Å². The van der Waals surface area contributed by atoms with Crippen molar-refractivity contribution >= 4 is 40.3 Å². The highest BCUT2D eigenvalue weighted by Gasteiger charge is 2.14. The second kappa shape index (κ2) is 9.47. The van der Waals surface area contributed by atoms with Crippen molar-refractivity contribution in [3.8, 4) is 17.5 Å². The summed E-state index contributed by atoms with van der Waals surface area (Å²) in [6, 6.07) is 15.5. The largest absolute Gasteiger partial charge is 0.449 e. The van der Waals surface area contributed by atoms with Crippen LogP contribution in [-0.2, 0) is 4.74 Å². The molecular weight excluding hydrogens is 440 g/mol. The Labute approximate surface area is 185 Å². The van der Waals surface area contributed by atoms with E-state index in [0.29, 0.717) is 26.9 Å². The van der Waals surface area contributed by atoms with Crippen LogP contribution < -0.4 is 5.63 Å². The van der Waals surface area contributed by atoms with Crippen LogP contribution in [0.15, 0.2) is 69.0 Å². The zero-order valence-corrected chi connectivity index (χ0v) is 17.4. The molecule has 0 N–H and O–H groups in total. The molecule has 2 aromatic carbocycles. The van der Waals surface area contributed by atoms with E-state index in [1.807, 2.05) is 0 Å². The van der Waals surface area contributed by atoms with Crippen molar-refractivity contribution < 1.29 is 13.9 Å². The molecule has 0 aliphatic heterocycles. The van der Waals surface area contributed by atoms with Gasteiger partial charge in [-0.15, -0.1) is 5.10 Å². The average molecular weight is 453 g/mol. The van der Waals surface area contributed by atoms with Crippen LogP contribution in [0, 0.1) is 11.8 Å². The molecule has 0 atom stereocenters. The van der Waals surface area contributed by atoms with Crippen molar-refractivity contribution in [2.45, 2.75) is 5.16 Å². The molecule has 0 radical (unpaired) electrons. The maximum Gasteiger partial charge on any atom is 0.351 e. The summed E-state index contributed by atoms with van der Waals surface area (Å²) in [6.45, 7) is -0.159. The molecule has 0 fully saturated rings. The van der Waals surface area contributed by atoms with Gasteiger partial charge in [0.25, 0.3) is 0 Å². The standard InChI is InChI=1S/C21H13ClN4O4S/c22-15-7-9-16(10-8-15)26-21(23-24-25-26)31-12-4-3-11-29-19(27)17-13-14-5-1-2-6-18(14)30-20(17)28/h1-2,5-10,13H,11-12H2. The molecule has 31 heavy (non-hydrogen) atoms. The molecule has 0 unspecified atom stereocenters. The number of aromatic nitrogens is 4. The molecule has 0 aliphatic rings. The van der Waals surface area contributed by atoms with E-state index in [1.54, 1.807) is 53.2 Å². The molecular formula is C21H13ClN4O4S. The third kappa shape index (κ3) is 4.94. The molecule has 2 heterocycles. The lowest BCUT2D eigenvalue weighted by Gasteiger charge is -2.02. The van der Waals surface area contributed by atoms with Gasteiger partial charge < -0.3 is 9.15 Å². The van der Waals surface area contributed by atoms with Crippen molar-refractivity contribution in [2.75, 3.05) is 12.4 Å². The number of carbonyl (C=O) groups excluding carboxylic acids is 1. The first-order chi connectivity index (χ1) is 15.1. The molecule has 4 rings (SSSR count). The maximum atomic E-state index is 12.2. The lowest BCUT2D eigenvalue weighted by Crippen LogP contribution is -2.16. The van der Waals surface area contributed by atoms with E-state index in [9.17, 15) is 9.59 Å². The van der Waals surface area contributed by atoms with Gasteiger partial charge in [0, 0.05) is 10.4 Å². The van der Waals surface area contributed by atoms with Gasteiger partial charge in [0.15, 0.2) is 6.61 Å². The van der Waals surface area contributed by atoms with Gasteiger partial charge in [0.1, 0.15) is 11.1 Å². The first-order valence-electron chi connectivity index (χ1n) is 8.95. The van der Waals surface area contributed by atoms with Gasteiger partial charge in [-0.3, -0.25) is 0 Å². The molecule has 4 aromatic rings. The number of hydrogen-bond acceptors (Lipinski definition) is 8. The molecule has 154 valence electrons. The second-order valence-corrected chi connectivity index (χ2v) is 7.43. The van der Waals surface area contributed by atoms with Gasteiger partial charge in [-0.25, -0.2) is 9.59 Å². The topological polar surface area (TPSA) is 100 Å². The summed E-state index contributed by atoms with van der Waals surface area (Å²) in [5.74, 6) is 5.19. The highest BCUT2D eigenvalue weighted by Crippen LogP contribution is 2.19. The minimum Gasteiger partial charge on any atom is -0.449 e. The molecule has 2 aromatic heterocycles. The van der Waals surface area contributed by atoms with E-state index in [0.717, 1.165) is 5.69 Å². The molecule has 0 aliphatic carbocycles. The number of thioether (sulfide) groups is 1. The van der Waals surface area contributed by atoms with E-state index in [1.165, 1.54) is 17.8 Å². The van der Waals surface area contributed by atoms with E-state index < -0.39 is 11.6 Å². The molecule has 0 bridgehead atoms. The predicted octanol–water partition coefficient (Wildman–Crippen LogP) is 3.37. The Balaban J connectivity index is 1.32. The fraction of sp³-hybridized carbons (Fsp3) is 0.0952. The van der Waals surface area contributed by atoms with Gasteiger partial charge >= 0.3 is 11.6 Å². The Morgan fingerprint density at radius 1 is 1.16 bits per heavy atom. The zero-order chi connectivity index (χ0) is 21.6. The predicted molar refractivity (Wildman–Crippen MR) is 115 cm³/mol. The number of benzene rings is 2. The van der Waals surface area contributed by atoms with Crippen LogP contribution in [0.25, 0.3) is 16.7 Å². The fourth-order valence-corrected chi connectivity index (χ4v) is 3.39. The number of carbonyl (C=O) groups is 1. The van der Waals surface area contributed by atoms with Crippen molar-refractivity contribution in [3.63, 3.8) is 0 Å². The number of nitrogens with zero attached hydrogens (tertiary/aromatic N) is 4. The Kier molecular flexibility index (Phi) is 6.31. The first kappa shape index (κ1) is 20.7. The van der Waals surface area contributed by atoms with E-state index in [-0.39, 0.29) is 12.2 Å². The van der Waals surface area contributed by atoms with E-state index in [4.69, 9.17) is 20.8 Å². The van der Waals surface area contributed by atoms with E-state index in [2.05, 4.69) is 27.4 Å². The third-order valence-corrected chi connectivity index (χ3v) is 5.10. The molecule has 0 spiro atoms. The van der Waals surface area contributed by atoms with Gasteiger partial charge in [0.05, 0.1) is 11.4 Å². The summed E-state index contributed by atoms with van der Waals surface area (Å²) in [4.78, 5) is 24.1. The Hall–Kier alpha value is -3.61. The second-order valence-electron chi connectivity index (χ2n) is 6.05. The first-order valence-corrected chi connectivity index (χ1v) is 10.3. The van der Waals surface area contributed by atoms with Crippen molar-refractivity contribution in [2.24, 2.45) is 0 Å². The van der Waals surface area contributed by atoms with Crippen molar-refractivity contribution in [1.82, 2.24) is 20.2 Å². The monoisotopic (exact) mass is 452 g/mol. The highest BCUT2D eigenvalue weighted by atomic mass is 35.5. The van der Waals surface area contributed by atoms with Crippen molar-refractivity contribution in [1.29, 1.82) is 0 Å². The van der Waals surface area contributed by atoms with Crippen LogP contribution in [0.2, 0.25) is 5.02 Å². The number of halogens is 1. The third-order valence-electron chi connectivity index (χ3n) is 4.05. The van der Waals surface area contributed by atoms with E-state index >= 15 is 0 Å². The smallest absolute Gasteiger partial charge is 0.351 e. The lowest BCUT2D eigenvalue weighted by atomic mass is 10.2. The summed E-state index contributed by atoms with van der Waals surface area (Å²) in [6.07, 6.45) is 0. The minimum atomic E-state index is -0.784. The Bertz CT molecular complexity index is 1360. The van der Waals surface area contributed by atoms with Crippen LogP contribution in [0.1, 0.15) is 10.4 Å². The number of fused-ring (bicyclic) bond motifs is 1. The summed E-state index contributed by atoms with van der Waals surface area (Å²) in [5.41, 5.74) is 0.257. The zero-order valence-electron chi connectivity index (χ0n) is 15.8. The number of tetrazole rings is 1. The number of rotatable bonds is 5. The van der Waals surface area contributed by atoms with Crippen LogP contribution in [0.5, 0.6) is 0 Å². The maximum absolute atomic E-state index is 12.2. The molecule has 10 heteroatoms. The molecule has 0 saturated carbocycles. The molecule has 8 nitrogen and oxygen atoms in total. The van der Waals surface area contributed by atoms with Crippen molar-refractivity contribution in [3.05, 3.63) is 75.6 Å². The molecule has 0 saturated heterocycles. The van der Waals surface area contributed by atoms with Gasteiger partial charge in [-0.2, -0.15) is 4.68 Å². The Morgan fingerprint density at radius 3 is 2.81 bits per heavy atom. The fourth-order valence-electron chi connectivity index (χ4n) is 2.60.